The zero-order valence-electron chi connectivity index (χ0n) is 10.5. The molecular weight excluding hydrogens is 204 g/mol. The van der Waals surface area contributed by atoms with Crippen molar-refractivity contribution in [2.45, 2.75) is 19.8 Å². The molecule has 0 atom stereocenters. The second-order valence-corrected chi connectivity index (χ2v) is 3.98. The number of benzene rings is 1. The highest BCUT2D eigenvalue weighted by atomic mass is 14.0. The maximum Gasteiger partial charge on any atom is -0.00973 e. The van der Waals surface area contributed by atoms with E-state index in [0.717, 1.165) is 18.4 Å². The van der Waals surface area contributed by atoms with Crippen molar-refractivity contribution in [2.75, 3.05) is 0 Å². The fourth-order valence-corrected chi connectivity index (χ4v) is 1.55. The first-order valence-electron chi connectivity index (χ1n) is 5.93. The summed E-state index contributed by atoms with van der Waals surface area (Å²) in [6.45, 7) is 9.72. The molecule has 0 aliphatic heterocycles. The highest BCUT2D eigenvalue weighted by Gasteiger charge is 1.89. The molecule has 0 amide bonds. The summed E-state index contributed by atoms with van der Waals surface area (Å²) in [6, 6.07) is 8.47. The Morgan fingerprint density at radius 2 is 1.88 bits per heavy atom. The van der Waals surface area contributed by atoms with Crippen molar-refractivity contribution in [1.82, 2.24) is 0 Å². The van der Waals surface area contributed by atoms with E-state index in [1.807, 2.05) is 25.2 Å². The third-order valence-corrected chi connectivity index (χ3v) is 2.52. The predicted octanol–water partition coefficient (Wildman–Crippen LogP) is 4.95. The molecule has 0 bridgehead atoms. The first kappa shape index (κ1) is 13.2. The van der Waals surface area contributed by atoms with Crippen molar-refractivity contribution in [1.29, 1.82) is 0 Å². The number of allylic oxidation sites excluding steroid dienone is 5. The lowest BCUT2D eigenvalue weighted by Gasteiger charge is -1.98. The van der Waals surface area contributed by atoms with Crippen LogP contribution in [0.15, 0.2) is 67.3 Å². The normalized spacial score (nSPS) is 11.1. The summed E-state index contributed by atoms with van der Waals surface area (Å²) >= 11 is 0. The highest BCUT2D eigenvalue weighted by molar-refractivity contribution is 5.47. The Morgan fingerprint density at radius 3 is 2.47 bits per heavy atom. The first-order chi connectivity index (χ1) is 8.26. The standard InChI is InChI=1S/C17H20/c1-4-8-15(3)9-6-7-10-17-13-11-16(5-2)12-14-17/h4-8,11-14H,2-3,9-10H2,1H3/b7-6-,8-4?. The van der Waals surface area contributed by atoms with Crippen molar-refractivity contribution in [3.05, 3.63) is 78.4 Å². The average molecular weight is 224 g/mol. The summed E-state index contributed by atoms with van der Waals surface area (Å²) in [5.74, 6) is 0. The van der Waals surface area contributed by atoms with E-state index >= 15 is 0 Å². The van der Waals surface area contributed by atoms with Crippen molar-refractivity contribution >= 4 is 6.08 Å². The molecular formula is C17H20. The molecule has 88 valence electrons. The minimum Gasteiger partial charge on any atom is -0.0985 e. The van der Waals surface area contributed by atoms with Gasteiger partial charge >= 0.3 is 0 Å². The maximum atomic E-state index is 3.96. The van der Waals surface area contributed by atoms with Gasteiger partial charge in [0.05, 0.1) is 0 Å². The molecule has 17 heavy (non-hydrogen) atoms. The van der Waals surface area contributed by atoms with Gasteiger partial charge < -0.3 is 0 Å². The minimum atomic E-state index is 0.926. The molecule has 0 saturated carbocycles. The number of hydrogen-bond acceptors (Lipinski definition) is 0. The minimum absolute atomic E-state index is 0.926. The van der Waals surface area contributed by atoms with Crippen LogP contribution >= 0.6 is 0 Å². The first-order valence-corrected chi connectivity index (χ1v) is 5.93. The molecule has 0 N–H and O–H groups in total. The maximum absolute atomic E-state index is 3.96. The van der Waals surface area contributed by atoms with E-state index in [9.17, 15) is 0 Å². The lowest BCUT2D eigenvalue weighted by molar-refractivity contribution is 1.22. The molecule has 0 aliphatic carbocycles. The summed E-state index contributed by atoms with van der Waals surface area (Å²) in [4.78, 5) is 0. The Labute approximate surface area is 105 Å². The van der Waals surface area contributed by atoms with Gasteiger partial charge in [-0.3, -0.25) is 0 Å². The van der Waals surface area contributed by atoms with E-state index in [0.29, 0.717) is 0 Å². The van der Waals surface area contributed by atoms with Crippen LogP contribution in [0.1, 0.15) is 24.5 Å². The third-order valence-electron chi connectivity index (χ3n) is 2.52. The lowest BCUT2D eigenvalue weighted by atomic mass is 10.1. The molecule has 0 heterocycles. The number of rotatable bonds is 6. The summed E-state index contributed by atoms with van der Waals surface area (Å²) in [6.07, 6.45) is 12.2. The van der Waals surface area contributed by atoms with E-state index in [4.69, 9.17) is 0 Å². The predicted molar refractivity (Wildman–Crippen MR) is 77.9 cm³/mol. The zero-order valence-corrected chi connectivity index (χ0v) is 10.5. The molecule has 0 heteroatoms. The fraction of sp³-hybridized carbons (Fsp3) is 0.176. The Bertz CT molecular complexity index is 416. The third kappa shape index (κ3) is 5.17. The van der Waals surface area contributed by atoms with Gasteiger partial charge in [-0.25, -0.2) is 0 Å². The van der Waals surface area contributed by atoms with Gasteiger partial charge in [0.15, 0.2) is 0 Å². The Hall–Kier alpha value is -1.82. The van der Waals surface area contributed by atoms with Gasteiger partial charge in [0.2, 0.25) is 0 Å². The molecule has 1 aromatic rings. The van der Waals surface area contributed by atoms with Gasteiger partial charge in [0.25, 0.3) is 0 Å². The van der Waals surface area contributed by atoms with E-state index in [1.165, 1.54) is 11.1 Å². The topological polar surface area (TPSA) is 0 Å². The zero-order chi connectivity index (χ0) is 12.5. The fourth-order valence-electron chi connectivity index (χ4n) is 1.55. The van der Waals surface area contributed by atoms with E-state index in [2.05, 4.69) is 49.6 Å². The second kappa shape index (κ2) is 7.45. The Morgan fingerprint density at radius 1 is 1.18 bits per heavy atom. The molecule has 0 nitrogen and oxygen atoms in total. The summed E-state index contributed by atoms with van der Waals surface area (Å²) < 4.78 is 0. The van der Waals surface area contributed by atoms with Crippen molar-refractivity contribution < 1.29 is 0 Å². The molecule has 0 aliphatic rings. The molecule has 0 fully saturated rings. The Balaban J connectivity index is 2.41. The van der Waals surface area contributed by atoms with Crippen molar-refractivity contribution in [2.24, 2.45) is 0 Å². The van der Waals surface area contributed by atoms with E-state index in [-0.39, 0.29) is 0 Å². The quantitative estimate of drug-likeness (QED) is 0.473. The summed E-state index contributed by atoms with van der Waals surface area (Å²) in [5.41, 5.74) is 3.63. The highest BCUT2D eigenvalue weighted by Crippen LogP contribution is 2.07. The van der Waals surface area contributed by atoms with Gasteiger partial charge in [-0.1, -0.05) is 73.4 Å². The molecule has 0 aromatic heterocycles. The second-order valence-electron chi connectivity index (χ2n) is 3.98. The molecule has 1 aromatic carbocycles. The molecule has 0 radical (unpaired) electrons. The summed E-state index contributed by atoms with van der Waals surface area (Å²) in [5, 5.41) is 0. The smallest absolute Gasteiger partial charge is 0.00973 e. The van der Waals surface area contributed by atoms with E-state index < -0.39 is 0 Å². The molecule has 0 unspecified atom stereocenters. The largest absolute Gasteiger partial charge is 0.0985 e. The van der Waals surface area contributed by atoms with Crippen LogP contribution in [0.2, 0.25) is 0 Å². The molecule has 0 saturated heterocycles. The lowest BCUT2D eigenvalue weighted by Crippen LogP contribution is -1.81. The summed E-state index contributed by atoms with van der Waals surface area (Å²) in [7, 11) is 0. The van der Waals surface area contributed by atoms with Crippen LogP contribution in [0.4, 0.5) is 0 Å². The molecule has 1 rings (SSSR count). The van der Waals surface area contributed by atoms with Crippen LogP contribution in [0.25, 0.3) is 6.08 Å². The Kier molecular flexibility index (Phi) is 5.81. The number of hydrogen-bond donors (Lipinski definition) is 0. The van der Waals surface area contributed by atoms with Crippen LogP contribution < -0.4 is 0 Å². The van der Waals surface area contributed by atoms with E-state index in [1.54, 1.807) is 0 Å². The van der Waals surface area contributed by atoms with Crippen LogP contribution in [0.3, 0.4) is 0 Å². The van der Waals surface area contributed by atoms with Gasteiger partial charge in [-0.15, -0.1) is 0 Å². The molecule has 0 spiro atoms. The van der Waals surface area contributed by atoms with Gasteiger partial charge in [0, 0.05) is 0 Å². The van der Waals surface area contributed by atoms with Gasteiger partial charge in [-0.2, -0.15) is 0 Å². The van der Waals surface area contributed by atoms with Crippen molar-refractivity contribution in [3.8, 4) is 0 Å². The van der Waals surface area contributed by atoms with Gasteiger partial charge in [0.1, 0.15) is 0 Å². The monoisotopic (exact) mass is 224 g/mol. The van der Waals surface area contributed by atoms with Gasteiger partial charge in [-0.05, 0) is 30.9 Å². The van der Waals surface area contributed by atoms with Crippen LogP contribution in [-0.2, 0) is 6.42 Å². The van der Waals surface area contributed by atoms with Crippen LogP contribution in [0, 0.1) is 0 Å². The SMILES string of the molecule is C=Cc1ccc(C/C=C\CC(=C)C=CC)cc1. The van der Waals surface area contributed by atoms with Crippen LogP contribution in [0.5, 0.6) is 0 Å². The van der Waals surface area contributed by atoms with Crippen molar-refractivity contribution in [3.63, 3.8) is 0 Å². The van der Waals surface area contributed by atoms with Crippen LogP contribution in [-0.4, -0.2) is 0 Å². The average Bonchev–Trinajstić information content (AvgIpc) is 2.36.